The van der Waals surface area contributed by atoms with Crippen LogP contribution in [-0.2, 0) is 14.8 Å². The summed E-state index contributed by atoms with van der Waals surface area (Å²) >= 11 is 0. The Morgan fingerprint density at radius 3 is 2.44 bits per heavy atom. The molecule has 7 heteroatoms. The van der Waals surface area contributed by atoms with Gasteiger partial charge in [0.25, 0.3) is 0 Å². The van der Waals surface area contributed by atoms with Gasteiger partial charge >= 0.3 is 0 Å². The van der Waals surface area contributed by atoms with Crippen LogP contribution in [0.15, 0.2) is 47.4 Å². The number of hydrogen-bond acceptors (Lipinski definition) is 4. The molecule has 0 saturated carbocycles. The minimum Gasteiger partial charge on any atom is -0.325 e. The lowest BCUT2D eigenvalue weighted by Gasteiger charge is -2.11. The van der Waals surface area contributed by atoms with Gasteiger partial charge in [-0.1, -0.05) is 24.3 Å². The molecule has 0 aliphatic heterocycles. The highest BCUT2D eigenvalue weighted by Crippen LogP contribution is 2.16. The summed E-state index contributed by atoms with van der Waals surface area (Å²) < 4.78 is 27.0. The van der Waals surface area contributed by atoms with E-state index in [-0.39, 0.29) is 10.7 Å². The number of aryl methyl sites for hydroxylation is 2. The second-order valence-electron chi connectivity index (χ2n) is 5.78. The van der Waals surface area contributed by atoms with Gasteiger partial charge in [0.2, 0.25) is 15.9 Å². The summed E-state index contributed by atoms with van der Waals surface area (Å²) in [6, 6.07) is 11.6. The predicted octanol–water partition coefficient (Wildman–Crippen LogP) is 2.42. The Hall–Kier alpha value is -2.51. The van der Waals surface area contributed by atoms with E-state index in [2.05, 4.69) is 10.0 Å². The molecular formula is C18H20N2O4S. The van der Waals surface area contributed by atoms with E-state index in [1.54, 1.807) is 50.2 Å². The number of benzene rings is 2. The van der Waals surface area contributed by atoms with E-state index in [9.17, 15) is 18.0 Å². The summed E-state index contributed by atoms with van der Waals surface area (Å²) in [6.45, 7) is 4.52. The molecule has 132 valence electrons. The summed E-state index contributed by atoms with van der Waals surface area (Å²) in [6.07, 6.45) is 0. The fraction of sp³-hybridized carbons (Fsp3) is 0.222. The number of Topliss-reactive ketones (excluding diaryl/α,β-unsaturated/α-hetero) is 1. The van der Waals surface area contributed by atoms with Crippen LogP contribution in [0, 0.1) is 13.8 Å². The molecule has 0 aromatic heterocycles. The monoisotopic (exact) mass is 360 g/mol. The van der Waals surface area contributed by atoms with Crippen molar-refractivity contribution in [2.75, 3.05) is 11.9 Å². The van der Waals surface area contributed by atoms with Crippen molar-refractivity contribution in [1.82, 2.24) is 4.72 Å². The van der Waals surface area contributed by atoms with E-state index in [1.807, 2.05) is 6.07 Å². The maximum Gasteiger partial charge on any atom is 0.241 e. The first-order chi connectivity index (χ1) is 11.7. The Balaban J connectivity index is 2.05. The third kappa shape index (κ3) is 4.98. The second kappa shape index (κ2) is 7.58. The molecule has 0 fully saturated rings. The number of carbonyl (C=O) groups excluding carboxylic acids is 2. The molecule has 1 amide bonds. The Morgan fingerprint density at radius 1 is 1.04 bits per heavy atom. The van der Waals surface area contributed by atoms with Gasteiger partial charge in [0, 0.05) is 11.3 Å². The molecule has 0 aliphatic rings. The number of anilines is 1. The number of carbonyl (C=O) groups is 2. The van der Waals surface area contributed by atoms with Gasteiger partial charge < -0.3 is 5.32 Å². The van der Waals surface area contributed by atoms with Crippen molar-refractivity contribution < 1.29 is 18.0 Å². The fourth-order valence-electron chi connectivity index (χ4n) is 2.26. The first-order valence-corrected chi connectivity index (χ1v) is 9.15. The number of sulfonamides is 1. The molecule has 2 aromatic rings. The third-order valence-electron chi connectivity index (χ3n) is 3.61. The van der Waals surface area contributed by atoms with Crippen LogP contribution in [0.3, 0.4) is 0 Å². The van der Waals surface area contributed by atoms with Crippen molar-refractivity contribution in [3.05, 3.63) is 59.2 Å². The van der Waals surface area contributed by atoms with E-state index in [1.165, 1.54) is 6.92 Å². The SMILES string of the molecule is CC(=O)c1cccc(NC(=O)CNS(=O)(=O)c2cc(C)ccc2C)c1. The highest BCUT2D eigenvalue weighted by Gasteiger charge is 2.18. The number of hydrogen-bond donors (Lipinski definition) is 2. The van der Waals surface area contributed by atoms with Crippen molar-refractivity contribution in [2.24, 2.45) is 0 Å². The van der Waals surface area contributed by atoms with Crippen molar-refractivity contribution in [2.45, 2.75) is 25.7 Å². The Bertz CT molecular complexity index is 920. The maximum absolute atomic E-state index is 12.4. The molecule has 25 heavy (non-hydrogen) atoms. The van der Waals surface area contributed by atoms with Gasteiger partial charge in [0.15, 0.2) is 5.78 Å². The molecule has 2 aromatic carbocycles. The summed E-state index contributed by atoms with van der Waals surface area (Å²) in [5.74, 6) is -0.638. The van der Waals surface area contributed by atoms with Crippen LogP contribution in [0.5, 0.6) is 0 Å². The highest BCUT2D eigenvalue weighted by atomic mass is 32.2. The number of nitrogens with one attached hydrogen (secondary N) is 2. The van der Waals surface area contributed by atoms with Gasteiger partial charge in [-0.05, 0) is 50.1 Å². The van der Waals surface area contributed by atoms with E-state index in [0.717, 1.165) is 5.56 Å². The average Bonchev–Trinajstić information content (AvgIpc) is 2.55. The van der Waals surface area contributed by atoms with Crippen molar-refractivity contribution in [3.63, 3.8) is 0 Å². The summed E-state index contributed by atoms with van der Waals surface area (Å²) in [5, 5.41) is 2.57. The minimum atomic E-state index is -3.79. The molecule has 0 unspecified atom stereocenters. The Morgan fingerprint density at radius 2 is 1.76 bits per heavy atom. The zero-order chi connectivity index (χ0) is 18.6. The molecular weight excluding hydrogens is 340 g/mol. The van der Waals surface area contributed by atoms with Crippen molar-refractivity contribution in [1.29, 1.82) is 0 Å². The van der Waals surface area contributed by atoms with E-state index in [4.69, 9.17) is 0 Å². The number of ketones is 1. The quantitative estimate of drug-likeness (QED) is 0.774. The maximum atomic E-state index is 12.4. The number of amides is 1. The lowest BCUT2D eigenvalue weighted by Crippen LogP contribution is -2.33. The van der Waals surface area contributed by atoms with Gasteiger partial charge in [-0.2, -0.15) is 0 Å². The van der Waals surface area contributed by atoms with Crippen LogP contribution in [-0.4, -0.2) is 26.7 Å². The van der Waals surface area contributed by atoms with Crippen LogP contribution in [0.4, 0.5) is 5.69 Å². The second-order valence-corrected chi connectivity index (χ2v) is 7.51. The highest BCUT2D eigenvalue weighted by molar-refractivity contribution is 7.89. The van der Waals surface area contributed by atoms with Crippen molar-refractivity contribution in [3.8, 4) is 0 Å². The molecule has 0 spiro atoms. The lowest BCUT2D eigenvalue weighted by atomic mass is 10.1. The fourth-order valence-corrected chi connectivity index (χ4v) is 3.57. The van der Waals surface area contributed by atoms with Crippen LogP contribution >= 0.6 is 0 Å². The van der Waals surface area contributed by atoms with Crippen LogP contribution < -0.4 is 10.0 Å². The van der Waals surface area contributed by atoms with Crippen molar-refractivity contribution >= 4 is 27.4 Å². The van der Waals surface area contributed by atoms with E-state index >= 15 is 0 Å². The molecule has 0 radical (unpaired) electrons. The topological polar surface area (TPSA) is 92.3 Å². The Kier molecular flexibility index (Phi) is 5.71. The summed E-state index contributed by atoms with van der Waals surface area (Å²) in [7, 11) is -3.79. The van der Waals surface area contributed by atoms with Gasteiger partial charge in [-0.3, -0.25) is 9.59 Å². The molecule has 6 nitrogen and oxygen atoms in total. The van der Waals surface area contributed by atoms with E-state index < -0.39 is 22.5 Å². The van der Waals surface area contributed by atoms with Gasteiger partial charge in [0.1, 0.15) is 0 Å². The van der Waals surface area contributed by atoms with Gasteiger partial charge in [-0.25, -0.2) is 13.1 Å². The molecule has 0 aliphatic carbocycles. The summed E-state index contributed by atoms with van der Waals surface area (Å²) in [5.41, 5.74) is 2.32. The molecule has 2 N–H and O–H groups in total. The summed E-state index contributed by atoms with van der Waals surface area (Å²) in [4.78, 5) is 23.5. The van der Waals surface area contributed by atoms with Crippen LogP contribution in [0.2, 0.25) is 0 Å². The zero-order valence-corrected chi connectivity index (χ0v) is 15.1. The molecule has 0 atom stereocenters. The first-order valence-electron chi connectivity index (χ1n) is 7.67. The Labute approximate surface area is 147 Å². The molecule has 0 saturated heterocycles. The number of rotatable bonds is 6. The van der Waals surface area contributed by atoms with Crippen LogP contribution in [0.25, 0.3) is 0 Å². The van der Waals surface area contributed by atoms with Crippen LogP contribution in [0.1, 0.15) is 28.4 Å². The minimum absolute atomic E-state index is 0.119. The smallest absolute Gasteiger partial charge is 0.241 e. The van der Waals surface area contributed by atoms with E-state index in [0.29, 0.717) is 16.8 Å². The first kappa shape index (κ1) is 18.8. The molecule has 0 heterocycles. The normalized spacial score (nSPS) is 11.2. The average molecular weight is 360 g/mol. The third-order valence-corrected chi connectivity index (χ3v) is 5.15. The zero-order valence-electron chi connectivity index (χ0n) is 14.3. The lowest BCUT2D eigenvalue weighted by molar-refractivity contribution is -0.115. The van der Waals surface area contributed by atoms with Gasteiger partial charge in [-0.15, -0.1) is 0 Å². The molecule has 0 bridgehead atoms. The predicted molar refractivity (Wildman–Crippen MR) is 96.2 cm³/mol. The molecule has 2 rings (SSSR count). The largest absolute Gasteiger partial charge is 0.325 e. The standard InChI is InChI=1S/C18H20N2O4S/c1-12-7-8-13(2)17(9-12)25(23,24)19-11-18(22)20-16-6-4-5-15(10-16)14(3)21/h4-10,19H,11H2,1-3H3,(H,20,22). The van der Waals surface area contributed by atoms with Gasteiger partial charge in [0.05, 0.1) is 11.4 Å².